The van der Waals surface area contributed by atoms with Crippen LogP contribution in [0.2, 0.25) is 5.02 Å². The maximum atomic E-state index is 12.4. The fourth-order valence-electron chi connectivity index (χ4n) is 2.55. The van der Waals surface area contributed by atoms with E-state index in [1.54, 1.807) is 25.1 Å². The van der Waals surface area contributed by atoms with Crippen LogP contribution in [-0.2, 0) is 10.0 Å². The first-order valence-electron chi connectivity index (χ1n) is 6.34. The minimum atomic E-state index is -3.59. The van der Waals surface area contributed by atoms with E-state index in [-0.39, 0.29) is 23.5 Å². The first kappa shape index (κ1) is 14.8. The molecule has 0 bridgehead atoms. The van der Waals surface area contributed by atoms with E-state index >= 15 is 0 Å². The van der Waals surface area contributed by atoms with Crippen molar-refractivity contribution in [1.82, 2.24) is 4.72 Å². The largest absolute Gasteiger partial charge is 0.396 e. The lowest BCUT2D eigenvalue weighted by Crippen LogP contribution is -2.38. The number of sulfonamides is 1. The Morgan fingerprint density at radius 3 is 2.84 bits per heavy atom. The Hall–Kier alpha value is -0.620. The number of hydrogen-bond donors (Lipinski definition) is 2. The lowest BCUT2D eigenvalue weighted by atomic mass is 10.1. The van der Waals surface area contributed by atoms with E-state index in [0.717, 1.165) is 19.3 Å². The number of benzene rings is 1. The van der Waals surface area contributed by atoms with E-state index in [2.05, 4.69) is 4.72 Å². The molecule has 2 N–H and O–H groups in total. The first-order chi connectivity index (χ1) is 8.95. The average Bonchev–Trinajstić information content (AvgIpc) is 2.78. The summed E-state index contributed by atoms with van der Waals surface area (Å²) in [7, 11) is -3.59. The SMILES string of the molecule is Cc1c(Cl)cccc1S(=O)(=O)NC1CCCC1CO. The zero-order valence-electron chi connectivity index (χ0n) is 10.8. The zero-order chi connectivity index (χ0) is 14.0. The number of aliphatic hydroxyl groups excluding tert-OH is 1. The van der Waals surface area contributed by atoms with Crippen molar-refractivity contribution in [3.05, 3.63) is 28.8 Å². The smallest absolute Gasteiger partial charge is 0.241 e. The van der Waals surface area contributed by atoms with Crippen molar-refractivity contribution in [3.63, 3.8) is 0 Å². The summed E-state index contributed by atoms with van der Waals surface area (Å²) in [5.41, 5.74) is 0.551. The summed E-state index contributed by atoms with van der Waals surface area (Å²) in [6.45, 7) is 1.71. The van der Waals surface area contributed by atoms with Gasteiger partial charge in [-0.2, -0.15) is 0 Å². The third-order valence-corrected chi connectivity index (χ3v) is 5.75. The van der Waals surface area contributed by atoms with E-state index in [1.807, 2.05) is 0 Å². The van der Waals surface area contributed by atoms with Crippen molar-refractivity contribution in [3.8, 4) is 0 Å². The molecule has 0 radical (unpaired) electrons. The Balaban J connectivity index is 2.25. The summed E-state index contributed by atoms with van der Waals surface area (Å²) in [5.74, 6) is 0.00858. The summed E-state index contributed by atoms with van der Waals surface area (Å²) < 4.78 is 27.4. The van der Waals surface area contributed by atoms with Gasteiger partial charge in [-0.15, -0.1) is 0 Å². The molecule has 0 spiro atoms. The standard InChI is InChI=1S/C13H18ClNO3S/c1-9-11(14)5-3-7-13(9)19(17,18)15-12-6-2-4-10(12)8-16/h3,5,7,10,12,15-16H,2,4,6,8H2,1H3. The summed E-state index contributed by atoms with van der Waals surface area (Å²) in [5, 5.41) is 9.68. The predicted molar refractivity (Wildman–Crippen MR) is 74.7 cm³/mol. The van der Waals surface area contributed by atoms with Crippen LogP contribution in [-0.4, -0.2) is 26.2 Å². The summed E-state index contributed by atoms with van der Waals surface area (Å²) >= 11 is 5.96. The monoisotopic (exact) mass is 303 g/mol. The highest BCUT2D eigenvalue weighted by Gasteiger charge is 2.31. The van der Waals surface area contributed by atoms with Crippen LogP contribution in [0.5, 0.6) is 0 Å². The highest BCUT2D eigenvalue weighted by atomic mass is 35.5. The molecule has 0 aromatic heterocycles. The maximum absolute atomic E-state index is 12.4. The Kier molecular flexibility index (Phi) is 4.50. The molecule has 1 saturated carbocycles. The van der Waals surface area contributed by atoms with Gasteiger partial charge in [0.15, 0.2) is 0 Å². The summed E-state index contributed by atoms with van der Waals surface area (Å²) in [6.07, 6.45) is 2.56. The molecule has 0 amide bonds. The van der Waals surface area contributed by atoms with Crippen molar-refractivity contribution in [2.75, 3.05) is 6.61 Å². The molecule has 6 heteroatoms. The molecule has 1 aliphatic carbocycles. The average molecular weight is 304 g/mol. The van der Waals surface area contributed by atoms with Crippen LogP contribution in [0.4, 0.5) is 0 Å². The van der Waals surface area contributed by atoms with Crippen molar-refractivity contribution >= 4 is 21.6 Å². The highest BCUT2D eigenvalue weighted by molar-refractivity contribution is 7.89. The van der Waals surface area contributed by atoms with Crippen LogP contribution in [0.25, 0.3) is 0 Å². The van der Waals surface area contributed by atoms with Gasteiger partial charge in [-0.05, 0) is 43.4 Å². The molecule has 19 heavy (non-hydrogen) atoms. The number of rotatable bonds is 4. The van der Waals surface area contributed by atoms with E-state index in [4.69, 9.17) is 11.6 Å². The van der Waals surface area contributed by atoms with Gasteiger partial charge in [0.05, 0.1) is 4.90 Å². The Labute approximate surface area is 118 Å². The number of halogens is 1. The highest BCUT2D eigenvalue weighted by Crippen LogP contribution is 2.28. The Morgan fingerprint density at radius 2 is 2.16 bits per heavy atom. The van der Waals surface area contributed by atoms with Crippen LogP contribution in [0, 0.1) is 12.8 Å². The molecule has 2 rings (SSSR count). The molecule has 1 aromatic carbocycles. The maximum Gasteiger partial charge on any atom is 0.241 e. The van der Waals surface area contributed by atoms with E-state index in [1.165, 1.54) is 0 Å². The van der Waals surface area contributed by atoms with Gasteiger partial charge in [-0.25, -0.2) is 13.1 Å². The molecule has 0 aliphatic heterocycles. The minimum Gasteiger partial charge on any atom is -0.396 e. The molecule has 106 valence electrons. The van der Waals surface area contributed by atoms with Gasteiger partial charge in [0.25, 0.3) is 0 Å². The van der Waals surface area contributed by atoms with Crippen LogP contribution in [0.3, 0.4) is 0 Å². The molecule has 1 aliphatic rings. The zero-order valence-corrected chi connectivity index (χ0v) is 12.3. The second-order valence-electron chi connectivity index (χ2n) is 4.96. The Morgan fingerprint density at radius 1 is 1.42 bits per heavy atom. The van der Waals surface area contributed by atoms with Crippen LogP contribution in [0.15, 0.2) is 23.1 Å². The predicted octanol–water partition coefficient (Wildman–Crippen LogP) is 2.09. The third kappa shape index (κ3) is 3.11. The molecule has 2 atom stereocenters. The van der Waals surface area contributed by atoms with E-state index in [9.17, 15) is 13.5 Å². The van der Waals surface area contributed by atoms with Gasteiger partial charge >= 0.3 is 0 Å². The van der Waals surface area contributed by atoms with Crippen molar-refractivity contribution < 1.29 is 13.5 Å². The molecular formula is C13H18ClNO3S. The molecule has 0 saturated heterocycles. The molecular weight excluding hydrogens is 286 g/mol. The van der Waals surface area contributed by atoms with Gasteiger partial charge in [-0.3, -0.25) is 0 Å². The second kappa shape index (κ2) is 5.79. The van der Waals surface area contributed by atoms with Crippen LogP contribution < -0.4 is 4.72 Å². The number of hydrogen-bond acceptors (Lipinski definition) is 3. The summed E-state index contributed by atoms with van der Waals surface area (Å²) in [6, 6.07) is 4.66. The number of nitrogens with one attached hydrogen (secondary N) is 1. The molecule has 1 aromatic rings. The van der Waals surface area contributed by atoms with Gasteiger partial charge in [0.1, 0.15) is 0 Å². The minimum absolute atomic E-state index is 0.00858. The van der Waals surface area contributed by atoms with Gasteiger partial charge < -0.3 is 5.11 Å². The topological polar surface area (TPSA) is 66.4 Å². The third-order valence-electron chi connectivity index (χ3n) is 3.71. The quantitative estimate of drug-likeness (QED) is 0.895. The molecule has 4 nitrogen and oxygen atoms in total. The fraction of sp³-hybridized carbons (Fsp3) is 0.538. The summed E-state index contributed by atoms with van der Waals surface area (Å²) in [4.78, 5) is 0.212. The normalized spacial score (nSPS) is 23.7. The van der Waals surface area contributed by atoms with Crippen molar-refractivity contribution in [2.45, 2.75) is 37.1 Å². The first-order valence-corrected chi connectivity index (χ1v) is 8.20. The Bertz CT molecular complexity index is 559. The lowest BCUT2D eigenvalue weighted by molar-refractivity contribution is 0.213. The van der Waals surface area contributed by atoms with Crippen molar-refractivity contribution in [2.24, 2.45) is 5.92 Å². The lowest BCUT2D eigenvalue weighted by Gasteiger charge is -2.19. The second-order valence-corrected chi connectivity index (χ2v) is 7.05. The van der Waals surface area contributed by atoms with Gasteiger partial charge in [0, 0.05) is 17.7 Å². The van der Waals surface area contributed by atoms with Gasteiger partial charge in [-0.1, -0.05) is 24.1 Å². The molecule has 2 unspecified atom stereocenters. The van der Waals surface area contributed by atoms with Crippen LogP contribution in [0.1, 0.15) is 24.8 Å². The van der Waals surface area contributed by atoms with Crippen molar-refractivity contribution in [1.29, 1.82) is 0 Å². The molecule has 1 fully saturated rings. The van der Waals surface area contributed by atoms with E-state index in [0.29, 0.717) is 10.6 Å². The number of aliphatic hydroxyl groups is 1. The van der Waals surface area contributed by atoms with Gasteiger partial charge in [0.2, 0.25) is 10.0 Å². The van der Waals surface area contributed by atoms with E-state index < -0.39 is 10.0 Å². The fourth-order valence-corrected chi connectivity index (χ4v) is 4.39. The molecule has 0 heterocycles. The van der Waals surface area contributed by atoms with Crippen LogP contribution >= 0.6 is 11.6 Å².